The minimum atomic E-state index is -0.150. The number of anilines is 1. The predicted molar refractivity (Wildman–Crippen MR) is 106 cm³/mol. The van der Waals surface area contributed by atoms with Crippen molar-refractivity contribution >= 4 is 61.0 Å². The van der Waals surface area contributed by atoms with Crippen LogP contribution in [0.2, 0.25) is 0 Å². The molecule has 0 spiro atoms. The molecule has 1 amide bonds. The molecule has 1 N–H and O–H groups in total. The van der Waals surface area contributed by atoms with E-state index in [1.165, 1.54) is 10.9 Å². The second kappa shape index (κ2) is 7.43. The Labute approximate surface area is 160 Å². The summed E-state index contributed by atoms with van der Waals surface area (Å²) in [5.41, 5.74) is 1.24. The van der Waals surface area contributed by atoms with Crippen LogP contribution in [0.1, 0.15) is 6.42 Å². The summed E-state index contributed by atoms with van der Waals surface area (Å²) in [6, 6.07) is 12.9. The van der Waals surface area contributed by atoms with Crippen molar-refractivity contribution in [1.82, 2.24) is 9.55 Å². The average molecular weight is 498 g/mol. The van der Waals surface area contributed by atoms with Gasteiger partial charge in [-0.2, -0.15) is 0 Å². The van der Waals surface area contributed by atoms with E-state index in [4.69, 9.17) is 0 Å². The first-order valence-corrected chi connectivity index (χ1v) is 9.10. The summed E-state index contributed by atoms with van der Waals surface area (Å²) in [5, 5.41) is 3.35. The number of carbonyl (C=O) groups excluding carboxylic acids is 1. The lowest BCUT2D eigenvalue weighted by atomic mass is 10.2. The number of nitrogens with one attached hydrogen (secondary N) is 1. The third-order valence-electron chi connectivity index (χ3n) is 3.49. The highest BCUT2D eigenvalue weighted by Gasteiger charge is 2.07. The summed E-state index contributed by atoms with van der Waals surface area (Å²) in [6.45, 7) is 0.282. The number of rotatable bonds is 4. The van der Waals surface area contributed by atoms with E-state index in [1.807, 2.05) is 30.3 Å². The van der Waals surface area contributed by atoms with E-state index >= 15 is 0 Å². The van der Waals surface area contributed by atoms with Crippen molar-refractivity contribution in [3.05, 3.63) is 67.2 Å². The molecule has 0 atom stereocenters. The molecule has 0 bridgehead atoms. The standard InChI is InChI=1S/C17H13BrIN3O2/c18-11-1-6-15-14(9-11)17(24)22(10-20-15)8-7-16(23)21-13-4-2-12(19)3-5-13/h1-6,9-10H,7-8H2,(H,21,23). The van der Waals surface area contributed by atoms with Gasteiger partial charge < -0.3 is 5.32 Å². The highest BCUT2D eigenvalue weighted by molar-refractivity contribution is 14.1. The van der Waals surface area contributed by atoms with E-state index in [0.29, 0.717) is 10.9 Å². The van der Waals surface area contributed by atoms with Crippen LogP contribution in [0.3, 0.4) is 0 Å². The number of hydrogen-bond donors (Lipinski definition) is 1. The van der Waals surface area contributed by atoms with Crippen LogP contribution in [-0.2, 0) is 11.3 Å². The summed E-state index contributed by atoms with van der Waals surface area (Å²) in [5.74, 6) is -0.141. The molecule has 0 radical (unpaired) electrons. The zero-order valence-corrected chi connectivity index (χ0v) is 16.2. The molecule has 0 fully saturated rings. The van der Waals surface area contributed by atoms with Gasteiger partial charge >= 0.3 is 0 Å². The number of fused-ring (bicyclic) bond motifs is 1. The lowest BCUT2D eigenvalue weighted by Crippen LogP contribution is -2.23. The Morgan fingerprint density at radius 1 is 1.21 bits per heavy atom. The predicted octanol–water partition coefficient (Wildman–Crippen LogP) is 3.79. The SMILES string of the molecule is O=C(CCn1cnc2ccc(Br)cc2c1=O)Nc1ccc(I)cc1. The number of aromatic nitrogens is 2. The van der Waals surface area contributed by atoms with Gasteiger partial charge in [0.25, 0.3) is 5.56 Å². The maximum Gasteiger partial charge on any atom is 0.261 e. The van der Waals surface area contributed by atoms with Crippen LogP contribution in [0.4, 0.5) is 5.69 Å². The van der Waals surface area contributed by atoms with Crippen molar-refractivity contribution in [2.45, 2.75) is 13.0 Å². The zero-order valence-electron chi connectivity index (χ0n) is 12.5. The van der Waals surface area contributed by atoms with Crippen LogP contribution in [0.15, 0.2) is 58.1 Å². The number of carbonyl (C=O) groups is 1. The Morgan fingerprint density at radius 3 is 2.71 bits per heavy atom. The first kappa shape index (κ1) is 17.1. The number of hydrogen-bond acceptors (Lipinski definition) is 3. The molecular formula is C17H13BrIN3O2. The summed E-state index contributed by atoms with van der Waals surface area (Å²) < 4.78 is 3.39. The Kier molecular flexibility index (Phi) is 5.30. The van der Waals surface area contributed by atoms with Crippen molar-refractivity contribution < 1.29 is 4.79 Å². The Bertz CT molecular complexity index is 954. The van der Waals surface area contributed by atoms with Gasteiger partial charge in [-0.15, -0.1) is 0 Å². The number of amides is 1. The molecule has 0 aliphatic rings. The van der Waals surface area contributed by atoms with Gasteiger partial charge in [-0.25, -0.2) is 4.98 Å². The molecule has 7 heteroatoms. The quantitative estimate of drug-likeness (QED) is 0.558. The topological polar surface area (TPSA) is 64.0 Å². The fourth-order valence-corrected chi connectivity index (χ4v) is 2.99. The lowest BCUT2D eigenvalue weighted by molar-refractivity contribution is -0.116. The lowest BCUT2D eigenvalue weighted by Gasteiger charge is -2.08. The molecular weight excluding hydrogens is 485 g/mol. The number of benzene rings is 2. The first-order valence-electron chi connectivity index (χ1n) is 7.23. The summed E-state index contributed by atoms with van der Waals surface area (Å²) >= 11 is 5.56. The molecule has 2 aromatic carbocycles. The van der Waals surface area contributed by atoms with Crippen LogP contribution >= 0.6 is 38.5 Å². The molecule has 5 nitrogen and oxygen atoms in total. The Balaban J connectivity index is 1.71. The van der Waals surface area contributed by atoms with Crippen molar-refractivity contribution in [2.75, 3.05) is 5.32 Å². The summed E-state index contributed by atoms with van der Waals surface area (Å²) in [4.78, 5) is 28.8. The monoisotopic (exact) mass is 497 g/mol. The molecule has 24 heavy (non-hydrogen) atoms. The fraction of sp³-hybridized carbons (Fsp3) is 0.118. The van der Waals surface area contributed by atoms with E-state index in [1.54, 1.807) is 12.1 Å². The van der Waals surface area contributed by atoms with Crippen molar-refractivity contribution in [2.24, 2.45) is 0 Å². The average Bonchev–Trinajstić information content (AvgIpc) is 2.57. The van der Waals surface area contributed by atoms with Crippen LogP contribution in [0.5, 0.6) is 0 Å². The van der Waals surface area contributed by atoms with Crippen LogP contribution in [0, 0.1) is 3.57 Å². The smallest absolute Gasteiger partial charge is 0.261 e. The normalized spacial score (nSPS) is 10.8. The molecule has 0 saturated carbocycles. The Morgan fingerprint density at radius 2 is 1.96 bits per heavy atom. The highest BCUT2D eigenvalue weighted by Crippen LogP contribution is 2.15. The van der Waals surface area contributed by atoms with Crippen molar-refractivity contribution in [3.63, 3.8) is 0 Å². The van der Waals surface area contributed by atoms with Gasteiger partial charge in [-0.3, -0.25) is 14.2 Å². The van der Waals surface area contributed by atoms with Gasteiger partial charge in [-0.05, 0) is 65.1 Å². The van der Waals surface area contributed by atoms with Gasteiger partial charge in [0.05, 0.1) is 17.2 Å². The molecule has 0 aliphatic carbocycles. The first-order chi connectivity index (χ1) is 11.5. The van der Waals surface area contributed by atoms with Gasteiger partial charge in [0.2, 0.25) is 5.91 Å². The minimum Gasteiger partial charge on any atom is -0.326 e. The summed E-state index contributed by atoms with van der Waals surface area (Å²) in [7, 11) is 0. The third-order valence-corrected chi connectivity index (χ3v) is 4.71. The molecule has 0 saturated heterocycles. The molecule has 1 aromatic heterocycles. The van der Waals surface area contributed by atoms with E-state index in [2.05, 4.69) is 48.8 Å². The van der Waals surface area contributed by atoms with Gasteiger partial charge in [0.15, 0.2) is 0 Å². The molecule has 3 aromatic rings. The van der Waals surface area contributed by atoms with E-state index in [9.17, 15) is 9.59 Å². The maximum atomic E-state index is 12.5. The van der Waals surface area contributed by atoms with Crippen LogP contribution in [0.25, 0.3) is 10.9 Å². The molecule has 1 heterocycles. The number of nitrogens with zero attached hydrogens (tertiary/aromatic N) is 2. The van der Waals surface area contributed by atoms with Crippen molar-refractivity contribution in [3.8, 4) is 0 Å². The highest BCUT2D eigenvalue weighted by atomic mass is 127. The van der Waals surface area contributed by atoms with Gasteiger partial charge in [0.1, 0.15) is 0 Å². The second-order valence-corrected chi connectivity index (χ2v) is 7.37. The largest absolute Gasteiger partial charge is 0.326 e. The molecule has 122 valence electrons. The van der Waals surface area contributed by atoms with Gasteiger partial charge in [-0.1, -0.05) is 15.9 Å². The third kappa shape index (κ3) is 4.02. The fourth-order valence-electron chi connectivity index (χ4n) is 2.27. The molecule has 0 unspecified atom stereocenters. The van der Waals surface area contributed by atoms with E-state index in [-0.39, 0.29) is 24.4 Å². The maximum absolute atomic E-state index is 12.5. The zero-order chi connectivity index (χ0) is 17.1. The second-order valence-electron chi connectivity index (χ2n) is 5.21. The van der Waals surface area contributed by atoms with E-state index in [0.717, 1.165) is 13.7 Å². The van der Waals surface area contributed by atoms with E-state index < -0.39 is 0 Å². The molecule has 0 aliphatic heterocycles. The summed E-state index contributed by atoms with van der Waals surface area (Å²) in [6.07, 6.45) is 1.68. The molecule has 3 rings (SSSR count). The van der Waals surface area contributed by atoms with Gasteiger partial charge in [0, 0.05) is 26.7 Å². The van der Waals surface area contributed by atoms with Crippen LogP contribution < -0.4 is 10.9 Å². The Hall–Kier alpha value is -1.74. The number of aryl methyl sites for hydroxylation is 1. The minimum absolute atomic E-state index is 0.141. The number of halogens is 2. The van der Waals surface area contributed by atoms with Crippen LogP contribution in [-0.4, -0.2) is 15.5 Å². The van der Waals surface area contributed by atoms with Crippen molar-refractivity contribution in [1.29, 1.82) is 0 Å².